The summed E-state index contributed by atoms with van der Waals surface area (Å²) in [5.41, 5.74) is 1.37. The molecule has 0 amide bonds. The molecule has 10 bridgehead atoms. The number of hydrogen-bond donors (Lipinski definition) is 0. The van der Waals surface area contributed by atoms with Crippen molar-refractivity contribution in [2.24, 2.45) is 65.1 Å². The van der Waals surface area contributed by atoms with Crippen molar-refractivity contribution in [1.82, 2.24) is 0 Å². The second-order valence-electron chi connectivity index (χ2n) is 22.3. The summed E-state index contributed by atoms with van der Waals surface area (Å²) < 4.78 is 27.8. The first-order valence-electron chi connectivity index (χ1n) is 24.4. The van der Waals surface area contributed by atoms with Gasteiger partial charge in [0.05, 0.1) is 5.92 Å². The fourth-order valence-corrected chi connectivity index (χ4v) is 14.5. The summed E-state index contributed by atoms with van der Waals surface area (Å²) in [4.78, 5) is 57.9. The lowest BCUT2D eigenvalue weighted by Gasteiger charge is -2.60. The molecule has 1 saturated heterocycles. The van der Waals surface area contributed by atoms with E-state index in [0.29, 0.717) is 51.9 Å². The molecule has 11 aliphatic carbocycles. The van der Waals surface area contributed by atoms with E-state index >= 15 is 0 Å². The Hall–Kier alpha value is -3.69. The van der Waals surface area contributed by atoms with Gasteiger partial charge in [0.2, 0.25) is 0 Å². The van der Waals surface area contributed by atoms with E-state index < -0.39 is 0 Å². The average molecular weight is 873 g/mol. The molecule has 1 heterocycles. The molecule has 0 N–H and O–H groups in total. The quantitative estimate of drug-likeness (QED) is 0.125. The fourth-order valence-electron chi connectivity index (χ4n) is 14.5. The summed E-state index contributed by atoms with van der Waals surface area (Å²) in [6, 6.07) is 0. The third-order valence-electron chi connectivity index (χ3n) is 17.5. The summed E-state index contributed by atoms with van der Waals surface area (Å²) in [7, 11) is 0. The number of carbonyl (C=O) groups is 5. The number of fused-ring (bicyclic) bond motifs is 1. The second-order valence-corrected chi connectivity index (χ2v) is 22.3. The van der Waals surface area contributed by atoms with Gasteiger partial charge in [0.25, 0.3) is 0 Å². The van der Waals surface area contributed by atoms with Crippen LogP contribution in [0.3, 0.4) is 0 Å². The van der Waals surface area contributed by atoms with E-state index in [-0.39, 0.29) is 70.7 Å². The normalized spacial score (nSPS) is 40.4. The van der Waals surface area contributed by atoms with Crippen LogP contribution in [-0.2, 0) is 47.7 Å². The molecular weight excluding hydrogens is 797 g/mol. The molecule has 0 spiro atoms. The molecule has 10 nitrogen and oxygen atoms in total. The minimum atomic E-state index is -0.378. The summed E-state index contributed by atoms with van der Waals surface area (Å²) in [5, 5.41) is 0. The van der Waals surface area contributed by atoms with Crippen LogP contribution in [0, 0.1) is 65.1 Å². The van der Waals surface area contributed by atoms with E-state index in [4.69, 9.17) is 23.7 Å². The molecule has 5 atom stereocenters. The second kappa shape index (κ2) is 18.3. The predicted molar refractivity (Wildman–Crippen MR) is 239 cm³/mol. The summed E-state index contributed by atoms with van der Waals surface area (Å²) in [6.45, 7) is 27.7. The Labute approximate surface area is 376 Å². The van der Waals surface area contributed by atoms with E-state index in [9.17, 15) is 24.0 Å². The van der Waals surface area contributed by atoms with Crippen LogP contribution in [0.1, 0.15) is 158 Å². The first-order chi connectivity index (χ1) is 29.6. The molecule has 0 aromatic rings. The van der Waals surface area contributed by atoms with Crippen molar-refractivity contribution < 1.29 is 47.7 Å². The van der Waals surface area contributed by atoms with Gasteiger partial charge in [0, 0.05) is 34.1 Å². The van der Waals surface area contributed by atoms with Crippen LogP contribution in [-0.4, -0.2) is 58.9 Å². The lowest BCUT2D eigenvalue weighted by molar-refractivity contribution is -0.207. The molecule has 12 rings (SSSR count). The highest BCUT2D eigenvalue weighted by molar-refractivity contribution is 5.88. The highest BCUT2D eigenvalue weighted by Crippen LogP contribution is 2.62. The van der Waals surface area contributed by atoms with Crippen LogP contribution in [0.15, 0.2) is 48.6 Å². The van der Waals surface area contributed by atoms with E-state index in [1.54, 1.807) is 27.7 Å². The largest absolute Gasteiger partial charge is 0.458 e. The average Bonchev–Trinajstić information content (AvgIpc) is 3.98. The summed E-state index contributed by atoms with van der Waals surface area (Å²) >= 11 is 0. The molecule has 1 aliphatic heterocycles. The van der Waals surface area contributed by atoms with Crippen molar-refractivity contribution >= 4 is 29.8 Å². The van der Waals surface area contributed by atoms with Crippen molar-refractivity contribution in [3.05, 3.63) is 48.6 Å². The van der Waals surface area contributed by atoms with Gasteiger partial charge >= 0.3 is 29.8 Å². The zero-order valence-corrected chi connectivity index (χ0v) is 39.4. The summed E-state index contributed by atoms with van der Waals surface area (Å²) in [6.07, 6.45) is 19.7. The highest BCUT2D eigenvalue weighted by Gasteiger charge is 2.63. The first kappa shape index (κ1) is 47.3. The van der Waals surface area contributed by atoms with Gasteiger partial charge in [-0.05, 0) is 198 Å². The molecule has 0 aromatic heterocycles. The number of ether oxygens (including phenoxy) is 5. The SMILES string of the molecule is C=C(C)C(=O)OC1(C)C2CC3CC(C2)CC1C3.C=C(C)C(=O)OC1(C)CCCC1.C=C(C)C(=O)OC1(CC)C2CC3CC(C2)CC1C3.C=C(C)C(=O)OC1C2CC3C(=O)OC1C3C2. The molecule has 63 heavy (non-hydrogen) atoms. The Kier molecular flexibility index (Phi) is 13.7. The van der Waals surface area contributed by atoms with E-state index in [1.807, 2.05) is 6.92 Å². The Morgan fingerprint density at radius 2 is 1.02 bits per heavy atom. The maximum absolute atomic E-state index is 12.0. The van der Waals surface area contributed by atoms with Gasteiger partial charge in [-0.2, -0.15) is 0 Å². The number of hydrogen-bond acceptors (Lipinski definition) is 10. The van der Waals surface area contributed by atoms with Gasteiger partial charge in [0.15, 0.2) is 0 Å². The van der Waals surface area contributed by atoms with Crippen molar-refractivity contribution in [2.45, 2.75) is 187 Å². The lowest BCUT2D eigenvalue weighted by atomic mass is 9.49. The van der Waals surface area contributed by atoms with E-state index in [1.165, 1.54) is 77.0 Å². The number of rotatable bonds is 9. The smallest absolute Gasteiger partial charge is 0.333 e. The molecule has 5 unspecified atom stereocenters. The van der Waals surface area contributed by atoms with Crippen LogP contribution in [0.4, 0.5) is 0 Å². The lowest BCUT2D eigenvalue weighted by Crippen LogP contribution is -2.59. The third-order valence-corrected chi connectivity index (χ3v) is 17.5. The molecule has 12 fully saturated rings. The van der Waals surface area contributed by atoms with Crippen molar-refractivity contribution in [3.8, 4) is 0 Å². The molecule has 11 saturated carbocycles. The van der Waals surface area contributed by atoms with Crippen LogP contribution in [0.5, 0.6) is 0 Å². The molecule has 10 heteroatoms. The van der Waals surface area contributed by atoms with Crippen LogP contribution >= 0.6 is 0 Å². The van der Waals surface area contributed by atoms with E-state index in [0.717, 1.165) is 55.8 Å². The molecule has 0 radical (unpaired) electrons. The minimum absolute atomic E-state index is 0.0646. The standard InChI is InChI=1S/C16H24O2.C15H22O2.C12H14O4.C10H16O2/c1-4-16(18-15(17)10(2)3)13-6-11-5-12(8-13)9-14(16)7-11;1-9(2)14(16)17-15(3)12-5-10-4-11(7-12)8-13(15)6-10;1-5(2)11(13)15-9-6-3-7-8(4-6)12(14)16-10(7)9;1-8(2)9(11)12-10(3)6-4-5-7-10/h11-14H,2,4-9H2,1,3H3;10-13H,1,4-8H2,2-3H3;6-10H,1,3-4H2,2H3;1,4-7H2,2-3H3. The molecular formula is C53H76O10. The van der Waals surface area contributed by atoms with Crippen LogP contribution in [0.2, 0.25) is 0 Å². The molecule has 12 aliphatic rings. The zero-order valence-electron chi connectivity index (χ0n) is 39.4. The highest BCUT2D eigenvalue weighted by atomic mass is 16.6. The summed E-state index contributed by atoms with van der Waals surface area (Å²) in [5.74, 6) is 5.61. The Morgan fingerprint density at radius 3 is 1.46 bits per heavy atom. The van der Waals surface area contributed by atoms with Gasteiger partial charge < -0.3 is 23.7 Å². The van der Waals surface area contributed by atoms with E-state index in [2.05, 4.69) is 40.2 Å². The Morgan fingerprint density at radius 1 is 0.587 bits per heavy atom. The molecule has 348 valence electrons. The van der Waals surface area contributed by atoms with Crippen molar-refractivity contribution in [1.29, 1.82) is 0 Å². The number of esters is 5. The Bertz CT molecular complexity index is 1810. The number of carbonyl (C=O) groups excluding carboxylic acids is 5. The molecule has 0 aromatic carbocycles. The monoisotopic (exact) mass is 873 g/mol. The van der Waals surface area contributed by atoms with Gasteiger partial charge in [-0.1, -0.05) is 33.2 Å². The first-order valence-corrected chi connectivity index (χ1v) is 24.4. The predicted octanol–water partition coefficient (Wildman–Crippen LogP) is 10.5. The van der Waals surface area contributed by atoms with Crippen LogP contribution in [0.25, 0.3) is 0 Å². The van der Waals surface area contributed by atoms with Gasteiger partial charge in [0.1, 0.15) is 29.0 Å². The van der Waals surface area contributed by atoms with Crippen LogP contribution < -0.4 is 0 Å². The topological polar surface area (TPSA) is 132 Å². The maximum atomic E-state index is 12.0. The fraction of sp³-hybridized carbons (Fsp3) is 0.755. The van der Waals surface area contributed by atoms with Crippen molar-refractivity contribution in [3.63, 3.8) is 0 Å². The zero-order chi connectivity index (χ0) is 45.8. The van der Waals surface area contributed by atoms with Crippen molar-refractivity contribution in [2.75, 3.05) is 0 Å². The minimum Gasteiger partial charge on any atom is -0.458 e. The maximum Gasteiger partial charge on any atom is 0.333 e. The van der Waals surface area contributed by atoms with Gasteiger partial charge in [-0.3, -0.25) is 4.79 Å². The van der Waals surface area contributed by atoms with Gasteiger partial charge in [-0.15, -0.1) is 0 Å². The Balaban J connectivity index is 0.000000127. The van der Waals surface area contributed by atoms with Gasteiger partial charge in [-0.25, -0.2) is 19.2 Å². The third kappa shape index (κ3) is 9.53.